The predicted octanol–water partition coefficient (Wildman–Crippen LogP) is 4.16. The standard InChI is InChI=1S/C12H12Cl2N2O2/c1-7(13)11-15-16-12(18-11)8(2)17-10-5-3-4-9(14)6-10/h3-8H,1-2H3. The average Bonchev–Trinajstić information content (AvgIpc) is 2.78. The molecule has 2 aromatic rings. The van der Waals surface area contributed by atoms with E-state index in [1.165, 1.54) is 0 Å². The minimum Gasteiger partial charge on any atom is -0.481 e. The molecule has 2 rings (SSSR count). The number of alkyl halides is 1. The number of hydrogen-bond acceptors (Lipinski definition) is 4. The minimum atomic E-state index is -0.361. The highest BCUT2D eigenvalue weighted by Crippen LogP contribution is 2.25. The fourth-order valence-corrected chi connectivity index (χ4v) is 1.63. The molecule has 6 heteroatoms. The molecule has 1 heterocycles. The molecule has 1 aromatic carbocycles. The Morgan fingerprint density at radius 3 is 2.56 bits per heavy atom. The second kappa shape index (κ2) is 5.59. The van der Waals surface area contributed by atoms with Gasteiger partial charge in [0.1, 0.15) is 11.1 Å². The van der Waals surface area contributed by atoms with E-state index in [0.29, 0.717) is 22.6 Å². The van der Waals surface area contributed by atoms with Crippen LogP contribution in [0.5, 0.6) is 5.75 Å². The molecule has 96 valence electrons. The summed E-state index contributed by atoms with van der Waals surface area (Å²) in [5, 5.41) is 8.03. The summed E-state index contributed by atoms with van der Waals surface area (Å²) in [6.07, 6.45) is -0.361. The zero-order valence-corrected chi connectivity index (χ0v) is 11.4. The van der Waals surface area contributed by atoms with Crippen LogP contribution < -0.4 is 4.74 Å². The third kappa shape index (κ3) is 3.15. The van der Waals surface area contributed by atoms with Crippen molar-refractivity contribution in [2.24, 2.45) is 0 Å². The fourth-order valence-electron chi connectivity index (χ4n) is 1.37. The Labute approximate surface area is 115 Å². The topological polar surface area (TPSA) is 48.2 Å². The zero-order valence-electron chi connectivity index (χ0n) is 9.93. The summed E-state index contributed by atoms with van der Waals surface area (Å²) in [5.41, 5.74) is 0. The lowest BCUT2D eigenvalue weighted by atomic mass is 10.3. The van der Waals surface area contributed by atoms with Crippen LogP contribution in [0.4, 0.5) is 0 Å². The van der Waals surface area contributed by atoms with Gasteiger partial charge in [-0.3, -0.25) is 0 Å². The highest BCUT2D eigenvalue weighted by atomic mass is 35.5. The van der Waals surface area contributed by atoms with Crippen molar-refractivity contribution in [1.82, 2.24) is 10.2 Å². The highest BCUT2D eigenvalue weighted by Gasteiger charge is 2.17. The van der Waals surface area contributed by atoms with Gasteiger partial charge in [-0.15, -0.1) is 21.8 Å². The summed E-state index contributed by atoms with van der Waals surface area (Å²) >= 11 is 11.7. The zero-order chi connectivity index (χ0) is 13.1. The predicted molar refractivity (Wildman–Crippen MR) is 69.1 cm³/mol. The van der Waals surface area contributed by atoms with E-state index < -0.39 is 0 Å². The second-order valence-electron chi connectivity index (χ2n) is 3.81. The molecule has 0 spiro atoms. The van der Waals surface area contributed by atoms with Crippen molar-refractivity contribution in [3.8, 4) is 5.75 Å². The number of hydrogen-bond donors (Lipinski definition) is 0. The van der Waals surface area contributed by atoms with Crippen molar-refractivity contribution in [3.05, 3.63) is 41.1 Å². The monoisotopic (exact) mass is 286 g/mol. The van der Waals surface area contributed by atoms with Gasteiger partial charge in [-0.25, -0.2) is 0 Å². The van der Waals surface area contributed by atoms with E-state index in [2.05, 4.69) is 10.2 Å². The third-order valence-electron chi connectivity index (χ3n) is 2.25. The molecule has 0 radical (unpaired) electrons. The Hall–Kier alpha value is -1.26. The van der Waals surface area contributed by atoms with Crippen LogP contribution >= 0.6 is 23.2 Å². The van der Waals surface area contributed by atoms with Crippen LogP contribution in [0.3, 0.4) is 0 Å². The number of benzene rings is 1. The first-order valence-corrected chi connectivity index (χ1v) is 6.27. The van der Waals surface area contributed by atoms with Gasteiger partial charge in [-0.2, -0.15) is 0 Å². The van der Waals surface area contributed by atoms with Crippen molar-refractivity contribution >= 4 is 23.2 Å². The van der Waals surface area contributed by atoms with E-state index in [1.807, 2.05) is 19.1 Å². The van der Waals surface area contributed by atoms with Crippen LogP contribution in [0.15, 0.2) is 28.7 Å². The number of nitrogens with zero attached hydrogens (tertiary/aromatic N) is 2. The molecule has 0 aliphatic rings. The van der Waals surface area contributed by atoms with Gasteiger partial charge in [-0.1, -0.05) is 17.7 Å². The number of aromatic nitrogens is 2. The maximum absolute atomic E-state index is 5.87. The molecule has 0 aliphatic heterocycles. The van der Waals surface area contributed by atoms with E-state index in [1.54, 1.807) is 19.1 Å². The summed E-state index contributed by atoms with van der Waals surface area (Å²) < 4.78 is 11.0. The van der Waals surface area contributed by atoms with Crippen molar-refractivity contribution in [1.29, 1.82) is 0 Å². The molecule has 2 atom stereocenters. The van der Waals surface area contributed by atoms with Crippen molar-refractivity contribution < 1.29 is 9.15 Å². The van der Waals surface area contributed by atoms with E-state index in [0.717, 1.165) is 0 Å². The van der Waals surface area contributed by atoms with Crippen LogP contribution in [0.2, 0.25) is 5.02 Å². The van der Waals surface area contributed by atoms with E-state index >= 15 is 0 Å². The quantitative estimate of drug-likeness (QED) is 0.792. The SMILES string of the molecule is CC(Cl)c1nnc(C(C)Oc2cccc(Cl)c2)o1. The number of ether oxygens (including phenoxy) is 1. The van der Waals surface area contributed by atoms with Crippen LogP contribution in [-0.2, 0) is 0 Å². The van der Waals surface area contributed by atoms with Gasteiger partial charge in [0.15, 0.2) is 6.10 Å². The highest BCUT2D eigenvalue weighted by molar-refractivity contribution is 6.30. The normalized spacial score (nSPS) is 14.2. The van der Waals surface area contributed by atoms with Crippen LogP contribution in [-0.4, -0.2) is 10.2 Å². The largest absolute Gasteiger partial charge is 0.481 e. The molecule has 0 N–H and O–H groups in total. The summed E-state index contributed by atoms with van der Waals surface area (Å²) in [7, 11) is 0. The van der Waals surface area contributed by atoms with Crippen molar-refractivity contribution in [3.63, 3.8) is 0 Å². The van der Waals surface area contributed by atoms with Gasteiger partial charge in [0.25, 0.3) is 5.89 Å². The Morgan fingerprint density at radius 1 is 1.22 bits per heavy atom. The summed E-state index contributed by atoms with van der Waals surface area (Å²) in [4.78, 5) is 0. The van der Waals surface area contributed by atoms with Crippen LogP contribution in [0, 0.1) is 0 Å². The van der Waals surface area contributed by atoms with E-state index in [4.69, 9.17) is 32.4 Å². The summed E-state index contributed by atoms with van der Waals surface area (Å²) in [6, 6.07) is 7.12. The molecule has 2 unspecified atom stereocenters. The average molecular weight is 287 g/mol. The first kappa shape index (κ1) is 13.2. The van der Waals surface area contributed by atoms with Gasteiger partial charge in [0.2, 0.25) is 5.89 Å². The van der Waals surface area contributed by atoms with E-state index in [-0.39, 0.29) is 11.5 Å². The lowest BCUT2D eigenvalue weighted by Crippen LogP contribution is -2.03. The fraction of sp³-hybridized carbons (Fsp3) is 0.333. The Bertz CT molecular complexity index is 528. The molecule has 4 nitrogen and oxygen atoms in total. The number of rotatable bonds is 4. The molecule has 0 aliphatic carbocycles. The molecule has 0 fully saturated rings. The smallest absolute Gasteiger partial charge is 0.256 e. The van der Waals surface area contributed by atoms with E-state index in [9.17, 15) is 0 Å². The Kier molecular flexibility index (Phi) is 4.09. The van der Waals surface area contributed by atoms with Gasteiger partial charge in [0.05, 0.1) is 0 Å². The first-order chi connectivity index (χ1) is 8.56. The Morgan fingerprint density at radius 2 is 1.94 bits per heavy atom. The molecule has 0 amide bonds. The lowest BCUT2D eigenvalue weighted by Gasteiger charge is -2.10. The Balaban J connectivity index is 2.09. The molecule has 0 saturated heterocycles. The van der Waals surface area contributed by atoms with Gasteiger partial charge >= 0.3 is 0 Å². The maximum Gasteiger partial charge on any atom is 0.256 e. The summed E-state index contributed by atoms with van der Waals surface area (Å²) in [5.74, 6) is 1.42. The van der Waals surface area contributed by atoms with Crippen LogP contribution in [0.25, 0.3) is 0 Å². The van der Waals surface area contributed by atoms with Gasteiger partial charge in [-0.05, 0) is 32.0 Å². The molecule has 1 aromatic heterocycles. The van der Waals surface area contributed by atoms with Crippen molar-refractivity contribution in [2.45, 2.75) is 25.3 Å². The molecule has 0 saturated carbocycles. The number of halogens is 2. The molecule has 18 heavy (non-hydrogen) atoms. The maximum atomic E-state index is 5.87. The lowest BCUT2D eigenvalue weighted by molar-refractivity contribution is 0.186. The van der Waals surface area contributed by atoms with Gasteiger partial charge in [0, 0.05) is 5.02 Å². The van der Waals surface area contributed by atoms with Crippen LogP contribution in [0.1, 0.15) is 37.1 Å². The first-order valence-electron chi connectivity index (χ1n) is 5.46. The van der Waals surface area contributed by atoms with Gasteiger partial charge < -0.3 is 9.15 Å². The molecule has 0 bridgehead atoms. The minimum absolute atomic E-state index is 0.315. The van der Waals surface area contributed by atoms with Crippen molar-refractivity contribution in [2.75, 3.05) is 0 Å². The molecular formula is C12H12Cl2N2O2. The molecular weight excluding hydrogens is 275 g/mol. The third-order valence-corrected chi connectivity index (χ3v) is 2.68. The summed E-state index contributed by atoms with van der Waals surface area (Å²) in [6.45, 7) is 3.58. The second-order valence-corrected chi connectivity index (χ2v) is 4.90.